The molecule has 0 saturated carbocycles. The Hall–Kier alpha value is -4.96. The van der Waals surface area contributed by atoms with Crippen LogP contribution in [0.5, 0.6) is 5.75 Å². The molecule has 10 heteroatoms. The molecular formula is C31H29N5O5. The number of H-pyrrole nitrogens is 2. The van der Waals surface area contributed by atoms with E-state index in [4.69, 9.17) is 9.47 Å². The van der Waals surface area contributed by atoms with Crippen molar-refractivity contribution < 1.29 is 19.1 Å². The topological polar surface area (TPSA) is 138 Å². The van der Waals surface area contributed by atoms with Crippen molar-refractivity contribution in [2.75, 3.05) is 32.2 Å². The minimum absolute atomic E-state index is 0.243. The largest absolute Gasteiger partial charge is 0.491 e. The summed E-state index contributed by atoms with van der Waals surface area (Å²) in [6.45, 7) is 3.28. The fraction of sp³-hybridized carbons (Fsp3) is 0.226. The van der Waals surface area contributed by atoms with Gasteiger partial charge >= 0.3 is 5.69 Å². The molecule has 208 valence electrons. The van der Waals surface area contributed by atoms with Crippen LogP contribution in [-0.2, 0) is 16.0 Å². The average Bonchev–Trinajstić information content (AvgIpc) is 3.51. The van der Waals surface area contributed by atoms with Gasteiger partial charge in [-0.2, -0.15) is 4.98 Å². The van der Waals surface area contributed by atoms with Crippen LogP contribution in [0.4, 0.5) is 5.69 Å². The van der Waals surface area contributed by atoms with Crippen LogP contribution >= 0.6 is 0 Å². The predicted octanol–water partition coefficient (Wildman–Crippen LogP) is 3.79. The maximum atomic E-state index is 13.1. The van der Waals surface area contributed by atoms with Crippen molar-refractivity contribution in [3.05, 3.63) is 99.2 Å². The molecule has 0 fully saturated rings. The molecule has 1 unspecified atom stereocenters. The molecule has 4 N–H and O–H groups in total. The van der Waals surface area contributed by atoms with E-state index in [1.165, 1.54) is 5.56 Å². The molecule has 0 aliphatic carbocycles. The van der Waals surface area contributed by atoms with Crippen molar-refractivity contribution >= 4 is 39.3 Å². The summed E-state index contributed by atoms with van der Waals surface area (Å²) in [5, 5.41) is 7.62. The molecule has 0 saturated heterocycles. The lowest BCUT2D eigenvalue weighted by atomic mass is 9.92. The number of carbonyl (C=O) groups excluding carboxylic acids is 2. The smallest absolute Gasteiger partial charge is 0.345 e. The summed E-state index contributed by atoms with van der Waals surface area (Å²) in [5.74, 6) is -0.814. The average molecular weight is 552 g/mol. The number of rotatable bonds is 9. The number of hydrogen-bond acceptors (Lipinski definition) is 6. The van der Waals surface area contributed by atoms with Crippen molar-refractivity contribution in [3.63, 3.8) is 0 Å². The Morgan fingerprint density at radius 3 is 2.76 bits per heavy atom. The maximum Gasteiger partial charge on any atom is 0.345 e. The van der Waals surface area contributed by atoms with Gasteiger partial charge in [-0.3, -0.25) is 9.59 Å². The van der Waals surface area contributed by atoms with Crippen molar-refractivity contribution in [2.24, 2.45) is 0 Å². The number of hydrogen-bond donors (Lipinski definition) is 4. The molecule has 6 rings (SSSR count). The maximum absolute atomic E-state index is 13.1. The standard InChI is InChI=1S/C31H29N5O5/c1-17-3-7-24-22(13-17)19(16-33-24)9-10-32-29(37)18-4-8-25-23(14-18)27(30(38)34-25)28-21-6-5-20(41-12-11-40-2)15-26(21)35-31(39)36-28/h3-8,13-16,27,33H,9-12H2,1-2H3,(H,32,37)(H,34,38)(H,35,36,39). The molecule has 10 nitrogen and oxygen atoms in total. The minimum atomic E-state index is -0.814. The zero-order valence-electron chi connectivity index (χ0n) is 22.7. The second kappa shape index (κ2) is 10.9. The second-order valence-corrected chi connectivity index (χ2v) is 10.1. The summed E-state index contributed by atoms with van der Waals surface area (Å²) in [5.41, 5.74) is 5.24. The fourth-order valence-corrected chi connectivity index (χ4v) is 5.31. The lowest BCUT2D eigenvalue weighted by Crippen LogP contribution is -2.25. The Morgan fingerprint density at radius 2 is 1.90 bits per heavy atom. The van der Waals surface area contributed by atoms with Gasteiger partial charge in [0.25, 0.3) is 5.91 Å². The van der Waals surface area contributed by atoms with Crippen LogP contribution in [0, 0.1) is 6.92 Å². The van der Waals surface area contributed by atoms with Crippen molar-refractivity contribution in [2.45, 2.75) is 19.3 Å². The molecule has 1 aliphatic rings. The molecule has 0 radical (unpaired) electrons. The lowest BCUT2D eigenvalue weighted by Gasteiger charge is -2.14. The zero-order valence-corrected chi connectivity index (χ0v) is 22.7. The molecular weight excluding hydrogens is 522 g/mol. The molecule has 0 spiro atoms. The molecule has 3 heterocycles. The number of fused-ring (bicyclic) bond motifs is 3. The highest BCUT2D eigenvalue weighted by atomic mass is 16.5. The Kier molecular flexibility index (Phi) is 6.98. The minimum Gasteiger partial charge on any atom is -0.491 e. The molecule has 5 aromatic rings. The van der Waals surface area contributed by atoms with Gasteiger partial charge < -0.3 is 30.1 Å². The van der Waals surface area contributed by atoms with Crippen LogP contribution in [0.25, 0.3) is 21.8 Å². The van der Waals surface area contributed by atoms with Crippen molar-refractivity contribution in [1.82, 2.24) is 20.3 Å². The summed E-state index contributed by atoms with van der Waals surface area (Å²) in [4.78, 5) is 48.9. The van der Waals surface area contributed by atoms with E-state index in [0.29, 0.717) is 65.3 Å². The first-order valence-electron chi connectivity index (χ1n) is 13.4. The van der Waals surface area contributed by atoms with Crippen LogP contribution < -0.4 is 21.1 Å². The molecule has 41 heavy (non-hydrogen) atoms. The molecule has 2 amide bonds. The van der Waals surface area contributed by atoms with Crippen LogP contribution in [0.3, 0.4) is 0 Å². The Labute approximate surface area is 235 Å². The molecule has 1 aliphatic heterocycles. The van der Waals surface area contributed by atoms with Crippen LogP contribution in [0.2, 0.25) is 0 Å². The van der Waals surface area contributed by atoms with E-state index in [-0.39, 0.29) is 11.8 Å². The van der Waals surface area contributed by atoms with Gasteiger partial charge in [0.05, 0.1) is 12.1 Å². The first-order valence-corrected chi connectivity index (χ1v) is 13.4. The first kappa shape index (κ1) is 26.3. The highest BCUT2D eigenvalue weighted by Crippen LogP contribution is 2.39. The van der Waals surface area contributed by atoms with Gasteiger partial charge in [0, 0.05) is 59.2 Å². The van der Waals surface area contributed by atoms with Crippen LogP contribution in [-0.4, -0.2) is 53.6 Å². The number of nitrogens with one attached hydrogen (secondary N) is 4. The Morgan fingerprint density at radius 1 is 1.02 bits per heavy atom. The normalized spacial score (nSPS) is 14.3. The summed E-state index contributed by atoms with van der Waals surface area (Å²) >= 11 is 0. The summed E-state index contributed by atoms with van der Waals surface area (Å²) in [7, 11) is 1.59. The number of methoxy groups -OCH3 is 1. The zero-order chi connectivity index (χ0) is 28.5. The van der Waals surface area contributed by atoms with E-state index in [9.17, 15) is 14.4 Å². The van der Waals surface area contributed by atoms with Gasteiger partial charge in [-0.05, 0) is 66.9 Å². The third kappa shape index (κ3) is 5.17. The molecule has 2 aromatic heterocycles. The van der Waals surface area contributed by atoms with Gasteiger partial charge in [0.2, 0.25) is 5.91 Å². The summed E-state index contributed by atoms with van der Waals surface area (Å²) in [6, 6.07) is 16.5. The summed E-state index contributed by atoms with van der Waals surface area (Å²) in [6.07, 6.45) is 2.65. The van der Waals surface area contributed by atoms with Crippen LogP contribution in [0.15, 0.2) is 65.6 Å². The third-order valence-corrected chi connectivity index (χ3v) is 7.32. The Bertz CT molecular complexity index is 1860. The molecule has 1 atom stereocenters. The lowest BCUT2D eigenvalue weighted by molar-refractivity contribution is -0.116. The number of carbonyl (C=O) groups is 2. The number of amides is 2. The van der Waals surface area contributed by atoms with Crippen molar-refractivity contribution in [3.8, 4) is 5.75 Å². The molecule has 3 aromatic carbocycles. The van der Waals surface area contributed by atoms with E-state index in [0.717, 1.165) is 16.5 Å². The van der Waals surface area contributed by atoms with Gasteiger partial charge in [0.1, 0.15) is 18.3 Å². The quantitative estimate of drug-likeness (QED) is 0.206. The fourth-order valence-electron chi connectivity index (χ4n) is 5.31. The predicted molar refractivity (Wildman–Crippen MR) is 156 cm³/mol. The SMILES string of the molecule is COCCOc1ccc2c(C3C(=O)Nc4ccc(C(=O)NCCc5c[nH]c6ccc(C)cc56)cc43)[nH]c(=O)nc2c1. The van der Waals surface area contributed by atoms with E-state index >= 15 is 0 Å². The summed E-state index contributed by atoms with van der Waals surface area (Å²) < 4.78 is 10.7. The van der Waals surface area contributed by atoms with Crippen LogP contribution in [0.1, 0.15) is 38.7 Å². The first-order chi connectivity index (χ1) is 19.9. The highest BCUT2D eigenvalue weighted by molar-refractivity contribution is 6.08. The van der Waals surface area contributed by atoms with E-state index < -0.39 is 11.6 Å². The van der Waals surface area contributed by atoms with E-state index in [2.05, 4.69) is 50.7 Å². The number of ether oxygens (including phenoxy) is 2. The van der Waals surface area contributed by atoms with Gasteiger partial charge in [-0.15, -0.1) is 0 Å². The second-order valence-electron chi connectivity index (χ2n) is 10.1. The van der Waals surface area contributed by atoms with Crippen molar-refractivity contribution in [1.29, 1.82) is 0 Å². The number of nitrogens with zero attached hydrogens (tertiary/aromatic N) is 1. The van der Waals surface area contributed by atoms with E-state index in [1.807, 2.05) is 6.20 Å². The number of anilines is 1. The highest BCUT2D eigenvalue weighted by Gasteiger charge is 2.35. The van der Waals surface area contributed by atoms with Gasteiger partial charge in [-0.1, -0.05) is 11.6 Å². The van der Waals surface area contributed by atoms with Gasteiger partial charge in [0.15, 0.2) is 0 Å². The molecule has 0 bridgehead atoms. The number of aromatic nitrogens is 3. The number of aryl methyl sites for hydroxylation is 1. The number of aromatic amines is 2. The number of benzene rings is 3. The Balaban J connectivity index is 1.24. The van der Waals surface area contributed by atoms with Gasteiger partial charge in [-0.25, -0.2) is 4.79 Å². The third-order valence-electron chi connectivity index (χ3n) is 7.32. The van der Waals surface area contributed by atoms with E-state index in [1.54, 1.807) is 43.5 Å². The monoisotopic (exact) mass is 551 g/mol.